The van der Waals surface area contributed by atoms with Crippen LogP contribution in [-0.4, -0.2) is 10.1 Å². The van der Waals surface area contributed by atoms with Crippen LogP contribution < -0.4 is 5.32 Å². The summed E-state index contributed by atoms with van der Waals surface area (Å²) < 4.78 is 18.7. The van der Waals surface area contributed by atoms with Crippen molar-refractivity contribution < 1.29 is 8.91 Å². The highest BCUT2D eigenvalue weighted by Gasteiger charge is 2.11. The molecule has 0 atom stereocenters. The molecule has 106 valence electrons. The van der Waals surface area contributed by atoms with Crippen LogP contribution in [-0.2, 0) is 6.54 Å². The third kappa shape index (κ3) is 3.20. The van der Waals surface area contributed by atoms with Crippen LogP contribution in [0.4, 0.5) is 10.4 Å². The summed E-state index contributed by atoms with van der Waals surface area (Å²) in [6.07, 6.45) is 0. The molecular weight excluding hydrogens is 293 g/mol. The van der Waals surface area contributed by atoms with Crippen LogP contribution in [0, 0.1) is 5.82 Å². The lowest BCUT2D eigenvalue weighted by molar-refractivity contribution is 0.431. The molecule has 0 saturated carbocycles. The second-order valence-electron chi connectivity index (χ2n) is 4.38. The minimum Gasteiger partial charge on any atom is -0.334 e. The molecule has 0 bridgehead atoms. The normalized spacial score (nSPS) is 10.6. The summed E-state index contributed by atoms with van der Waals surface area (Å²) >= 11 is 5.82. The van der Waals surface area contributed by atoms with Crippen molar-refractivity contribution in [3.8, 4) is 11.4 Å². The lowest BCUT2D eigenvalue weighted by atomic mass is 10.2. The molecule has 1 aromatic heterocycles. The second kappa shape index (κ2) is 5.93. The quantitative estimate of drug-likeness (QED) is 0.787. The number of anilines is 1. The smallest absolute Gasteiger partial charge is 0.322 e. The van der Waals surface area contributed by atoms with E-state index >= 15 is 0 Å². The number of rotatable bonds is 4. The van der Waals surface area contributed by atoms with Crippen LogP contribution in [0.5, 0.6) is 0 Å². The highest BCUT2D eigenvalue weighted by Crippen LogP contribution is 2.21. The van der Waals surface area contributed by atoms with Crippen LogP contribution in [0.3, 0.4) is 0 Å². The lowest BCUT2D eigenvalue weighted by Crippen LogP contribution is -1.99. The predicted octanol–water partition coefficient (Wildman–Crippen LogP) is 4.14. The molecule has 0 radical (unpaired) electrons. The molecule has 3 aromatic rings. The Morgan fingerprint density at radius 3 is 2.62 bits per heavy atom. The molecule has 6 heteroatoms. The van der Waals surface area contributed by atoms with Crippen LogP contribution in [0.2, 0.25) is 5.02 Å². The summed E-state index contributed by atoms with van der Waals surface area (Å²) in [6, 6.07) is 13.9. The van der Waals surface area contributed by atoms with Gasteiger partial charge >= 0.3 is 6.01 Å². The molecule has 0 amide bonds. The second-order valence-corrected chi connectivity index (χ2v) is 4.82. The van der Waals surface area contributed by atoms with Gasteiger partial charge in [0.1, 0.15) is 5.82 Å². The molecule has 1 N–H and O–H groups in total. The summed E-state index contributed by atoms with van der Waals surface area (Å²) in [5.74, 6) is -0.172. The first kappa shape index (κ1) is 13.6. The summed E-state index contributed by atoms with van der Waals surface area (Å²) in [4.78, 5) is 4.12. The van der Waals surface area contributed by atoms with Crippen molar-refractivity contribution >= 4 is 17.6 Å². The lowest BCUT2D eigenvalue weighted by Gasteiger charge is -2.01. The Labute approximate surface area is 125 Å². The van der Waals surface area contributed by atoms with Gasteiger partial charge < -0.3 is 9.84 Å². The van der Waals surface area contributed by atoms with Crippen molar-refractivity contribution in [3.05, 3.63) is 64.9 Å². The van der Waals surface area contributed by atoms with Gasteiger partial charge in [0, 0.05) is 11.6 Å². The molecular formula is C15H11ClFN3O. The fourth-order valence-electron chi connectivity index (χ4n) is 1.83. The molecule has 0 saturated heterocycles. The van der Waals surface area contributed by atoms with E-state index in [1.54, 1.807) is 30.3 Å². The van der Waals surface area contributed by atoms with Crippen molar-refractivity contribution in [1.82, 2.24) is 10.1 Å². The summed E-state index contributed by atoms with van der Waals surface area (Å²) in [5, 5.41) is 7.43. The number of nitrogens with one attached hydrogen (secondary N) is 1. The first-order valence-electron chi connectivity index (χ1n) is 6.29. The number of hydrogen-bond donors (Lipinski definition) is 1. The molecule has 0 aliphatic rings. The fraction of sp³-hybridized carbons (Fsp3) is 0.0667. The van der Waals surface area contributed by atoms with Crippen molar-refractivity contribution in [3.63, 3.8) is 0 Å². The van der Waals surface area contributed by atoms with Gasteiger partial charge in [-0.05, 0) is 29.8 Å². The van der Waals surface area contributed by atoms with Crippen LogP contribution in [0.25, 0.3) is 11.4 Å². The Balaban J connectivity index is 1.71. The molecule has 21 heavy (non-hydrogen) atoms. The zero-order chi connectivity index (χ0) is 14.7. The first-order chi connectivity index (χ1) is 10.2. The summed E-state index contributed by atoms with van der Waals surface area (Å²) in [5.41, 5.74) is 1.32. The SMILES string of the molecule is Fc1ccccc1-c1noc(NCc2ccc(Cl)cc2)n1. The van der Waals surface area contributed by atoms with Gasteiger partial charge in [-0.15, -0.1) is 0 Å². The van der Waals surface area contributed by atoms with E-state index < -0.39 is 0 Å². The van der Waals surface area contributed by atoms with Crippen molar-refractivity contribution in [2.75, 3.05) is 5.32 Å². The third-order valence-corrected chi connectivity index (χ3v) is 3.15. The molecule has 1 heterocycles. The largest absolute Gasteiger partial charge is 0.334 e. The molecule has 0 aliphatic heterocycles. The van der Waals surface area contributed by atoms with Gasteiger partial charge in [0.25, 0.3) is 0 Å². The summed E-state index contributed by atoms with van der Waals surface area (Å²) in [6.45, 7) is 0.510. The maximum absolute atomic E-state index is 13.6. The Morgan fingerprint density at radius 1 is 1.10 bits per heavy atom. The number of halogens is 2. The monoisotopic (exact) mass is 303 g/mol. The highest BCUT2D eigenvalue weighted by molar-refractivity contribution is 6.30. The molecule has 0 fully saturated rings. The van der Waals surface area contributed by atoms with E-state index in [4.69, 9.17) is 16.1 Å². The van der Waals surface area contributed by atoms with Gasteiger partial charge in [-0.2, -0.15) is 4.98 Å². The van der Waals surface area contributed by atoms with Crippen LogP contribution in [0.1, 0.15) is 5.56 Å². The highest BCUT2D eigenvalue weighted by atomic mass is 35.5. The molecule has 0 unspecified atom stereocenters. The number of nitrogens with zero attached hydrogens (tertiary/aromatic N) is 2. The molecule has 3 rings (SSSR count). The Hall–Kier alpha value is -2.40. The molecule has 4 nitrogen and oxygen atoms in total. The predicted molar refractivity (Wildman–Crippen MR) is 78.5 cm³/mol. The van der Waals surface area contributed by atoms with E-state index in [1.807, 2.05) is 12.1 Å². The molecule has 0 spiro atoms. The van der Waals surface area contributed by atoms with Crippen molar-refractivity contribution in [1.29, 1.82) is 0 Å². The van der Waals surface area contributed by atoms with E-state index in [2.05, 4.69) is 15.5 Å². The minimum absolute atomic E-state index is 0.215. The Morgan fingerprint density at radius 2 is 1.86 bits per heavy atom. The average molecular weight is 304 g/mol. The van der Waals surface area contributed by atoms with E-state index in [-0.39, 0.29) is 17.7 Å². The fourth-order valence-corrected chi connectivity index (χ4v) is 1.95. The van der Waals surface area contributed by atoms with Gasteiger partial charge in [0.15, 0.2) is 0 Å². The van der Waals surface area contributed by atoms with E-state index in [0.717, 1.165) is 5.56 Å². The first-order valence-corrected chi connectivity index (χ1v) is 6.67. The maximum Gasteiger partial charge on any atom is 0.322 e. The van der Waals surface area contributed by atoms with Crippen LogP contribution in [0.15, 0.2) is 53.1 Å². The van der Waals surface area contributed by atoms with E-state index in [1.165, 1.54) is 6.07 Å². The van der Waals surface area contributed by atoms with Crippen molar-refractivity contribution in [2.24, 2.45) is 0 Å². The number of hydrogen-bond acceptors (Lipinski definition) is 4. The third-order valence-electron chi connectivity index (χ3n) is 2.90. The standard InChI is InChI=1S/C15H11ClFN3O/c16-11-7-5-10(6-8-11)9-18-15-19-14(20-21-15)12-3-1-2-4-13(12)17/h1-8H,9H2,(H,18,19,20). The van der Waals surface area contributed by atoms with Gasteiger partial charge in [-0.1, -0.05) is 41.0 Å². The maximum atomic E-state index is 13.6. The summed E-state index contributed by atoms with van der Waals surface area (Å²) in [7, 11) is 0. The molecule has 0 aliphatic carbocycles. The molecule has 2 aromatic carbocycles. The zero-order valence-electron chi connectivity index (χ0n) is 10.9. The van der Waals surface area contributed by atoms with Gasteiger partial charge in [0.2, 0.25) is 5.82 Å². The Bertz CT molecular complexity index is 743. The van der Waals surface area contributed by atoms with E-state index in [0.29, 0.717) is 17.1 Å². The van der Waals surface area contributed by atoms with Crippen LogP contribution >= 0.6 is 11.6 Å². The number of aromatic nitrogens is 2. The Kier molecular flexibility index (Phi) is 3.83. The average Bonchev–Trinajstić information content (AvgIpc) is 2.96. The van der Waals surface area contributed by atoms with Gasteiger partial charge in [-0.3, -0.25) is 0 Å². The van der Waals surface area contributed by atoms with Crippen molar-refractivity contribution in [2.45, 2.75) is 6.54 Å². The van der Waals surface area contributed by atoms with Gasteiger partial charge in [0.05, 0.1) is 5.56 Å². The van der Waals surface area contributed by atoms with E-state index in [9.17, 15) is 4.39 Å². The zero-order valence-corrected chi connectivity index (χ0v) is 11.6. The topological polar surface area (TPSA) is 51.0 Å². The van der Waals surface area contributed by atoms with Gasteiger partial charge in [-0.25, -0.2) is 4.39 Å². The number of benzene rings is 2. The minimum atomic E-state index is -0.387.